The normalized spacial score (nSPS) is 10.3. The van der Waals surface area contributed by atoms with Gasteiger partial charge in [0.05, 0.1) is 5.69 Å². The second-order valence-corrected chi connectivity index (χ2v) is 5.14. The van der Waals surface area contributed by atoms with E-state index in [4.69, 9.17) is 0 Å². The zero-order valence-electron chi connectivity index (χ0n) is 10.9. The van der Waals surface area contributed by atoms with Crippen LogP contribution in [0.3, 0.4) is 0 Å². The molecule has 0 aliphatic rings. The Bertz CT molecular complexity index is 771. The summed E-state index contributed by atoms with van der Waals surface area (Å²) in [4.78, 5) is 16.3. The van der Waals surface area contributed by atoms with Gasteiger partial charge in [-0.1, -0.05) is 6.07 Å². The first-order valence-electron chi connectivity index (χ1n) is 6.26. The van der Waals surface area contributed by atoms with E-state index in [0.717, 1.165) is 5.69 Å². The molecule has 0 saturated heterocycles. The highest BCUT2D eigenvalue weighted by molar-refractivity contribution is 9.10. The number of pyridine rings is 1. The summed E-state index contributed by atoms with van der Waals surface area (Å²) in [5, 5.41) is 6.99. The number of benzene rings is 1. The summed E-state index contributed by atoms with van der Waals surface area (Å²) >= 11 is 3.32. The van der Waals surface area contributed by atoms with Gasteiger partial charge in [0.25, 0.3) is 5.91 Å². The van der Waals surface area contributed by atoms with Crippen molar-refractivity contribution in [2.24, 2.45) is 0 Å². The van der Waals surface area contributed by atoms with Gasteiger partial charge < -0.3 is 5.32 Å². The van der Waals surface area contributed by atoms with Crippen LogP contribution >= 0.6 is 15.9 Å². The molecular formula is C15H11BrN4O. The molecule has 0 saturated carbocycles. The van der Waals surface area contributed by atoms with Gasteiger partial charge in [0.1, 0.15) is 5.69 Å². The molecule has 3 aromatic rings. The Morgan fingerprint density at radius 2 is 2.05 bits per heavy atom. The molecule has 104 valence electrons. The van der Waals surface area contributed by atoms with Crippen LogP contribution in [0.5, 0.6) is 0 Å². The Kier molecular flexibility index (Phi) is 3.79. The third kappa shape index (κ3) is 3.00. The molecule has 2 aromatic heterocycles. The van der Waals surface area contributed by atoms with Gasteiger partial charge in [0.2, 0.25) is 0 Å². The van der Waals surface area contributed by atoms with Crippen LogP contribution in [0.15, 0.2) is 65.5 Å². The molecule has 0 unspecified atom stereocenters. The lowest BCUT2D eigenvalue weighted by atomic mass is 10.2. The summed E-state index contributed by atoms with van der Waals surface area (Å²) in [7, 11) is 0. The van der Waals surface area contributed by atoms with Crippen molar-refractivity contribution in [3.63, 3.8) is 0 Å². The highest BCUT2D eigenvalue weighted by Crippen LogP contribution is 2.17. The van der Waals surface area contributed by atoms with E-state index in [2.05, 4.69) is 31.3 Å². The van der Waals surface area contributed by atoms with Gasteiger partial charge >= 0.3 is 0 Å². The molecule has 1 N–H and O–H groups in total. The first kappa shape index (κ1) is 13.5. The zero-order chi connectivity index (χ0) is 14.7. The number of hydrogen-bond acceptors (Lipinski definition) is 3. The lowest BCUT2D eigenvalue weighted by molar-refractivity contribution is 0.102. The molecule has 0 bridgehead atoms. The molecule has 0 spiro atoms. The van der Waals surface area contributed by atoms with Crippen LogP contribution in [0, 0.1) is 0 Å². The number of anilines is 1. The highest BCUT2D eigenvalue weighted by Gasteiger charge is 2.11. The number of nitrogens with one attached hydrogen (secondary N) is 1. The van der Waals surface area contributed by atoms with Crippen molar-refractivity contribution in [3.8, 4) is 5.69 Å². The van der Waals surface area contributed by atoms with Crippen molar-refractivity contribution >= 4 is 27.5 Å². The predicted octanol–water partition coefficient (Wildman–Crippen LogP) is 3.28. The van der Waals surface area contributed by atoms with Crippen molar-refractivity contribution in [2.45, 2.75) is 0 Å². The molecule has 0 aliphatic carbocycles. The Balaban J connectivity index is 1.84. The van der Waals surface area contributed by atoms with Crippen molar-refractivity contribution < 1.29 is 4.79 Å². The van der Waals surface area contributed by atoms with E-state index in [-0.39, 0.29) is 5.91 Å². The van der Waals surface area contributed by atoms with Crippen LogP contribution in [-0.4, -0.2) is 20.7 Å². The zero-order valence-corrected chi connectivity index (χ0v) is 12.5. The van der Waals surface area contributed by atoms with Crippen LogP contribution in [-0.2, 0) is 0 Å². The minimum absolute atomic E-state index is 0.264. The SMILES string of the molecule is O=C(Nc1cccc(-n2cccn2)c1)c1ncccc1Br. The lowest BCUT2D eigenvalue weighted by Crippen LogP contribution is -2.14. The number of amides is 1. The van der Waals surface area contributed by atoms with Crippen LogP contribution in [0.4, 0.5) is 5.69 Å². The number of hydrogen-bond donors (Lipinski definition) is 1. The number of carbonyl (C=O) groups is 1. The fourth-order valence-corrected chi connectivity index (χ4v) is 2.33. The highest BCUT2D eigenvalue weighted by atomic mass is 79.9. The van der Waals surface area contributed by atoms with Gasteiger partial charge in [-0.15, -0.1) is 0 Å². The number of aromatic nitrogens is 3. The second kappa shape index (κ2) is 5.88. The number of nitrogens with zero attached hydrogens (tertiary/aromatic N) is 3. The summed E-state index contributed by atoms with van der Waals surface area (Å²) < 4.78 is 2.39. The maximum absolute atomic E-state index is 12.2. The van der Waals surface area contributed by atoms with Crippen molar-refractivity contribution in [1.29, 1.82) is 0 Å². The van der Waals surface area contributed by atoms with Crippen LogP contribution in [0.1, 0.15) is 10.5 Å². The number of halogens is 1. The Hall–Kier alpha value is -2.47. The predicted molar refractivity (Wildman–Crippen MR) is 83.5 cm³/mol. The van der Waals surface area contributed by atoms with Gasteiger partial charge in [0.15, 0.2) is 0 Å². The van der Waals surface area contributed by atoms with E-state index in [9.17, 15) is 4.79 Å². The van der Waals surface area contributed by atoms with Crippen LogP contribution in [0.25, 0.3) is 5.69 Å². The van der Waals surface area contributed by atoms with Gasteiger partial charge in [-0.05, 0) is 52.3 Å². The average Bonchev–Trinajstić information content (AvgIpc) is 3.02. The van der Waals surface area contributed by atoms with E-state index in [1.807, 2.05) is 36.5 Å². The topological polar surface area (TPSA) is 59.8 Å². The quantitative estimate of drug-likeness (QED) is 0.794. The molecule has 0 radical (unpaired) electrons. The molecule has 6 heteroatoms. The Labute approximate surface area is 129 Å². The molecule has 3 rings (SSSR count). The Morgan fingerprint density at radius 3 is 2.81 bits per heavy atom. The first-order chi connectivity index (χ1) is 10.2. The van der Waals surface area contributed by atoms with Crippen molar-refractivity contribution in [1.82, 2.24) is 14.8 Å². The van der Waals surface area contributed by atoms with Gasteiger partial charge in [0, 0.05) is 28.8 Å². The van der Waals surface area contributed by atoms with E-state index < -0.39 is 0 Å². The molecule has 0 aliphatic heterocycles. The minimum atomic E-state index is -0.264. The summed E-state index contributed by atoms with van der Waals surface area (Å²) in [5.41, 5.74) is 1.91. The fourth-order valence-electron chi connectivity index (χ4n) is 1.89. The molecule has 0 atom stereocenters. The van der Waals surface area contributed by atoms with E-state index in [1.54, 1.807) is 29.2 Å². The van der Waals surface area contributed by atoms with Gasteiger partial charge in [-0.2, -0.15) is 5.10 Å². The van der Waals surface area contributed by atoms with Crippen molar-refractivity contribution in [3.05, 3.63) is 71.2 Å². The third-order valence-electron chi connectivity index (χ3n) is 2.85. The molecular weight excluding hydrogens is 332 g/mol. The lowest BCUT2D eigenvalue weighted by Gasteiger charge is -2.08. The number of carbonyl (C=O) groups excluding carboxylic acids is 1. The maximum Gasteiger partial charge on any atom is 0.275 e. The fraction of sp³-hybridized carbons (Fsp3) is 0. The average molecular weight is 343 g/mol. The Morgan fingerprint density at radius 1 is 1.14 bits per heavy atom. The largest absolute Gasteiger partial charge is 0.321 e. The van der Waals surface area contributed by atoms with Gasteiger partial charge in [-0.25, -0.2) is 9.67 Å². The number of rotatable bonds is 3. The minimum Gasteiger partial charge on any atom is -0.321 e. The molecule has 2 heterocycles. The third-order valence-corrected chi connectivity index (χ3v) is 3.49. The van der Waals surface area contributed by atoms with Crippen LogP contribution < -0.4 is 5.32 Å². The summed E-state index contributed by atoms with van der Waals surface area (Å²) in [6.45, 7) is 0. The monoisotopic (exact) mass is 342 g/mol. The smallest absolute Gasteiger partial charge is 0.275 e. The molecule has 1 aromatic carbocycles. The van der Waals surface area contributed by atoms with E-state index in [0.29, 0.717) is 15.9 Å². The molecule has 5 nitrogen and oxygen atoms in total. The standard InChI is InChI=1S/C15H11BrN4O/c16-13-6-2-7-17-14(13)15(21)19-11-4-1-5-12(10-11)20-9-3-8-18-20/h1-10H,(H,19,21). The second-order valence-electron chi connectivity index (χ2n) is 4.29. The summed E-state index contributed by atoms with van der Waals surface area (Å²) in [6.07, 6.45) is 5.13. The van der Waals surface area contributed by atoms with E-state index >= 15 is 0 Å². The molecule has 0 fully saturated rings. The molecule has 1 amide bonds. The van der Waals surface area contributed by atoms with E-state index in [1.165, 1.54) is 0 Å². The first-order valence-corrected chi connectivity index (χ1v) is 7.05. The summed E-state index contributed by atoms with van der Waals surface area (Å²) in [5.74, 6) is -0.264. The van der Waals surface area contributed by atoms with Gasteiger partial charge in [-0.3, -0.25) is 4.79 Å². The molecule has 21 heavy (non-hydrogen) atoms. The van der Waals surface area contributed by atoms with Crippen molar-refractivity contribution in [2.75, 3.05) is 5.32 Å². The maximum atomic E-state index is 12.2. The summed E-state index contributed by atoms with van der Waals surface area (Å²) in [6, 6.07) is 12.8. The van der Waals surface area contributed by atoms with Crippen LogP contribution in [0.2, 0.25) is 0 Å².